The average molecular weight is 388 g/mol. The number of hydrogen-bond donors (Lipinski definition) is 2. The van der Waals surface area contributed by atoms with Gasteiger partial charge >= 0.3 is 6.03 Å². The molecule has 0 aliphatic carbocycles. The number of nitrogens with zero attached hydrogens (tertiary/aromatic N) is 2. The van der Waals surface area contributed by atoms with Gasteiger partial charge in [-0.3, -0.25) is 10.1 Å². The molecule has 0 saturated heterocycles. The van der Waals surface area contributed by atoms with Crippen molar-refractivity contribution in [3.8, 4) is 5.75 Å². The Balaban J connectivity index is 1.62. The highest BCUT2D eigenvalue weighted by Gasteiger charge is 2.24. The Morgan fingerprint density at radius 1 is 1.37 bits per heavy atom. The normalized spacial score (nSPS) is 13.3. The number of anilines is 1. The van der Waals surface area contributed by atoms with E-state index in [2.05, 4.69) is 15.6 Å². The van der Waals surface area contributed by atoms with Gasteiger partial charge in [-0.15, -0.1) is 0 Å². The van der Waals surface area contributed by atoms with Crippen molar-refractivity contribution in [1.29, 1.82) is 0 Å². The third kappa shape index (κ3) is 4.97. The molecule has 0 spiro atoms. The minimum Gasteiger partial charge on any atom is -0.497 e. The fourth-order valence-corrected chi connectivity index (χ4v) is 3.94. The van der Waals surface area contributed by atoms with E-state index in [1.54, 1.807) is 7.11 Å². The van der Waals surface area contributed by atoms with E-state index < -0.39 is 0 Å². The topological polar surface area (TPSA) is 83.6 Å². The first-order chi connectivity index (χ1) is 12.9. The molecule has 0 unspecified atom stereocenters. The Morgan fingerprint density at radius 3 is 2.93 bits per heavy atom. The van der Waals surface area contributed by atoms with Crippen LogP contribution in [-0.2, 0) is 24.2 Å². The minimum absolute atomic E-state index is 0.0595. The molecular formula is C19H24N4O3S. The monoisotopic (exact) mass is 388 g/mol. The Bertz CT molecular complexity index is 834. The molecule has 0 fully saturated rings. The van der Waals surface area contributed by atoms with Crippen molar-refractivity contribution in [2.24, 2.45) is 0 Å². The second kappa shape index (κ2) is 8.39. The van der Waals surface area contributed by atoms with Crippen LogP contribution in [0.2, 0.25) is 0 Å². The van der Waals surface area contributed by atoms with Crippen molar-refractivity contribution in [2.75, 3.05) is 19.0 Å². The summed E-state index contributed by atoms with van der Waals surface area (Å²) < 4.78 is 5.22. The number of benzene rings is 1. The highest BCUT2D eigenvalue weighted by atomic mass is 32.1. The van der Waals surface area contributed by atoms with Gasteiger partial charge in [0.15, 0.2) is 5.13 Å². The van der Waals surface area contributed by atoms with Crippen LogP contribution >= 0.6 is 11.3 Å². The highest BCUT2D eigenvalue weighted by Crippen LogP contribution is 2.28. The number of rotatable bonds is 5. The summed E-state index contributed by atoms with van der Waals surface area (Å²) in [4.78, 5) is 31.9. The molecule has 1 aromatic carbocycles. The van der Waals surface area contributed by atoms with Crippen molar-refractivity contribution in [3.05, 3.63) is 40.4 Å². The van der Waals surface area contributed by atoms with Crippen LogP contribution in [0.3, 0.4) is 0 Å². The lowest BCUT2D eigenvalue weighted by atomic mass is 10.1. The summed E-state index contributed by atoms with van der Waals surface area (Å²) in [6.45, 7) is 4.97. The van der Waals surface area contributed by atoms with Crippen molar-refractivity contribution >= 4 is 28.4 Å². The maximum atomic E-state index is 12.7. The van der Waals surface area contributed by atoms with Gasteiger partial charge in [-0.2, -0.15) is 0 Å². The van der Waals surface area contributed by atoms with Crippen molar-refractivity contribution in [1.82, 2.24) is 15.2 Å². The summed E-state index contributed by atoms with van der Waals surface area (Å²) in [5, 5.41) is 6.11. The van der Waals surface area contributed by atoms with Crippen LogP contribution in [0.25, 0.3) is 0 Å². The molecule has 1 aromatic heterocycles. The standard InChI is InChI=1S/C19H24N4O3S/c1-12(2)20-18(25)22-19-21-15-7-8-23(11-16(15)27-19)17(24)10-13-5-4-6-14(9-13)26-3/h4-6,9,12H,7-8,10-11H2,1-3H3,(H2,20,21,22,25). The van der Waals surface area contributed by atoms with E-state index in [1.807, 2.05) is 43.0 Å². The third-order valence-corrected chi connectivity index (χ3v) is 5.21. The van der Waals surface area contributed by atoms with E-state index in [-0.39, 0.29) is 18.0 Å². The zero-order valence-electron chi connectivity index (χ0n) is 15.7. The molecule has 8 heteroatoms. The lowest BCUT2D eigenvalue weighted by molar-refractivity contribution is -0.131. The summed E-state index contributed by atoms with van der Waals surface area (Å²) in [6.07, 6.45) is 1.04. The summed E-state index contributed by atoms with van der Waals surface area (Å²) in [5.74, 6) is 0.827. The number of thiazole rings is 1. The first kappa shape index (κ1) is 19.2. The van der Waals surface area contributed by atoms with Crippen LogP contribution in [0, 0.1) is 0 Å². The maximum absolute atomic E-state index is 12.7. The quantitative estimate of drug-likeness (QED) is 0.825. The molecule has 2 aromatic rings. The molecule has 3 amide bonds. The van der Waals surface area contributed by atoms with Crippen LogP contribution in [0.4, 0.5) is 9.93 Å². The molecule has 7 nitrogen and oxygen atoms in total. The van der Waals surface area contributed by atoms with Crippen LogP contribution in [0.1, 0.15) is 30.0 Å². The lowest BCUT2D eigenvalue weighted by Gasteiger charge is -2.26. The van der Waals surface area contributed by atoms with Gasteiger partial charge in [0.1, 0.15) is 5.75 Å². The number of ether oxygens (including phenoxy) is 1. The van der Waals surface area contributed by atoms with Gasteiger partial charge in [-0.05, 0) is 31.5 Å². The first-order valence-electron chi connectivity index (χ1n) is 8.91. The SMILES string of the molecule is COc1cccc(CC(=O)N2CCc3nc(NC(=O)NC(C)C)sc3C2)c1. The molecule has 0 radical (unpaired) electrons. The second-order valence-corrected chi connectivity index (χ2v) is 7.82. The summed E-state index contributed by atoms with van der Waals surface area (Å²) in [6, 6.07) is 7.36. The predicted molar refractivity (Wildman–Crippen MR) is 105 cm³/mol. The highest BCUT2D eigenvalue weighted by molar-refractivity contribution is 7.15. The van der Waals surface area contributed by atoms with Crippen LogP contribution in [-0.4, -0.2) is 41.5 Å². The van der Waals surface area contributed by atoms with E-state index in [1.165, 1.54) is 11.3 Å². The van der Waals surface area contributed by atoms with Crippen LogP contribution in [0.15, 0.2) is 24.3 Å². The molecule has 144 valence electrons. The molecule has 0 atom stereocenters. The molecule has 2 N–H and O–H groups in total. The molecule has 0 saturated carbocycles. The summed E-state index contributed by atoms with van der Waals surface area (Å²) in [7, 11) is 1.62. The number of hydrogen-bond acceptors (Lipinski definition) is 5. The Morgan fingerprint density at radius 2 is 2.19 bits per heavy atom. The van der Waals surface area contributed by atoms with E-state index in [0.717, 1.165) is 21.9 Å². The largest absolute Gasteiger partial charge is 0.497 e. The number of nitrogens with one attached hydrogen (secondary N) is 2. The number of carbonyl (C=O) groups excluding carboxylic acids is 2. The fraction of sp³-hybridized carbons (Fsp3) is 0.421. The number of carbonyl (C=O) groups is 2. The number of urea groups is 1. The molecule has 2 heterocycles. The van der Waals surface area contributed by atoms with Gasteiger partial charge < -0.3 is 15.0 Å². The molecule has 27 heavy (non-hydrogen) atoms. The zero-order chi connectivity index (χ0) is 19.4. The van der Waals surface area contributed by atoms with Crippen LogP contribution < -0.4 is 15.4 Å². The lowest BCUT2D eigenvalue weighted by Crippen LogP contribution is -2.36. The van der Waals surface area contributed by atoms with E-state index in [0.29, 0.717) is 31.1 Å². The summed E-state index contributed by atoms with van der Waals surface area (Å²) in [5.41, 5.74) is 1.90. The number of amides is 3. The van der Waals surface area contributed by atoms with Gasteiger partial charge in [0, 0.05) is 23.9 Å². The van der Waals surface area contributed by atoms with Gasteiger partial charge in [0.25, 0.3) is 0 Å². The molecule has 0 bridgehead atoms. The molecule has 1 aliphatic heterocycles. The molecule has 3 rings (SSSR count). The molecule has 1 aliphatic rings. The minimum atomic E-state index is -0.262. The predicted octanol–water partition coefficient (Wildman–Crippen LogP) is 2.81. The zero-order valence-corrected chi connectivity index (χ0v) is 16.6. The number of methoxy groups -OCH3 is 1. The van der Waals surface area contributed by atoms with E-state index in [9.17, 15) is 9.59 Å². The second-order valence-electron chi connectivity index (χ2n) is 6.74. The maximum Gasteiger partial charge on any atom is 0.321 e. The van der Waals surface area contributed by atoms with E-state index in [4.69, 9.17) is 4.74 Å². The number of aromatic nitrogens is 1. The van der Waals surface area contributed by atoms with Gasteiger partial charge in [-0.1, -0.05) is 23.5 Å². The number of fused-ring (bicyclic) bond motifs is 1. The van der Waals surface area contributed by atoms with Crippen molar-refractivity contribution < 1.29 is 14.3 Å². The van der Waals surface area contributed by atoms with Crippen LogP contribution in [0.5, 0.6) is 5.75 Å². The smallest absolute Gasteiger partial charge is 0.321 e. The fourth-order valence-electron chi connectivity index (χ4n) is 2.93. The van der Waals surface area contributed by atoms with Gasteiger partial charge in [0.2, 0.25) is 5.91 Å². The van der Waals surface area contributed by atoms with Crippen molar-refractivity contribution in [2.45, 2.75) is 39.3 Å². The van der Waals surface area contributed by atoms with Gasteiger partial charge in [0.05, 0.1) is 25.8 Å². The Kier molecular flexibility index (Phi) is 5.95. The van der Waals surface area contributed by atoms with E-state index >= 15 is 0 Å². The van der Waals surface area contributed by atoms with Crippen molar-refractivity contribution in [3.63, 3.8) is 0 Å². The third-order valence-electron chi connectivity index (χ3n) is 4.21. The Labute approximate surface area is 162 Å². The molecular weight excluding hydrogens is 364 g/mol. The summed E-state index contributed by atoms with van der Waals surface area (Å²) >= 11 is 1.43. The first-order valence-corrected chi connectivity index (χ1v) is 9.73. The average Bonchev–Trinajstić information content (AvgIpc) is 3.02. The van der Waals surface area contributed by atoms with Gasteiger partial charge in [-0.25, -0.2) is 9.78 Å². The Hall–Kier alpha value is -2.61.